The normalized spacial score (nSPS) is 13.8. The smallest absolute Gasteiger partial charge is 0.255 e. The summed E-state index contributed by atoms with van der Waals surface area (Å²) in [5.41, 5.74) is 9.29. The molecule has 5 rings (SSSR count). The minimum absolute atomic E-state index is 0.170. The first-order valence-electron chi connectivity index (χ1n) is 11.8. The van der Waals surface area contributed by atoms with Gasteiger partial charge in [0.2, 0.25) is 0 Å². The van der Waals surface area contributed by atoms with Crippen molar-refractivity contribution in [2.24, 2.45) is 0 Å². The predicted molar refractivity (Wildman–Crippen MR) is 141 cm³/mol. The molecule has 1 aromatic heterocycles. The minimum atomic E-state index is -0.854. The molecule has 0 unspecified atom stereocenters. The van der Waals surface area contributed by atoms with E-state index in [4.69, 9.17) is 0 Å². The van der Waals surface area contributed by atoms with E-state index in [2.05, 4.69) is 34.3 Å². The quantitative estimate of drug-likeness (QED) is 0.320. The van der Waals surface area contributed by atoms with Crippen LogP contribution in [0.4, 0.5) is 20.2 Å². The minimum Gasteiger partial charge on any atom is -0.362 e. The van der Waals surface area contributed by atoms with Gasteiger partial charge in [-0.25, -0.2) is 8.78 Å². The Hall–Kier alpha value is -4.19. The second kappa shape index (κ2) is 9.46. The number of hydrogen-bond acceptors (Lipinski definition) is 2. The van der Waals surface area contributed by atoms with E-state index in [-0.39, 0.29) is 5.91 Å². The number of fused-ring (bicyclic) bond motifs is 1. The molecular formula is C30H27F2N3O. The van der Waals surface area contributed by atoms with E-state index in [1.807, 2.05) is 50.2 Å². The summed E-state index contributed by atoms with van der Waals surface area (Å²) in [5.74, 6) is -1.88. The van der Waals surface area contributed by atoms with Crippen LogP contribution in [0.25, 0.3) is 11.6 Å². The molecule has 0 saturated heterocycles. The topological polar surface area (TPSA) is 48.1 Å². The Kier molecular flexibility index (Phi) is 6.18. The van der Waals surface area contributed by atoms with Gasteiger partial charge >= 0.3 is 0 Å². The maximum absolute atomic E-state index is 13.9. The van der Waals surface area contributed by atoms with Crippen molar-refractivity contribution in [2.75, 3.05) is 16.8 Å². The van der Waals surface area contributed by atoms with Gasteiger partial charge in [0.15, 0.2) is 11.6 Å². The van der Waals surface area contributed by atoms with Crippen LogP contribution >= 0.6 is 0 Å². The fourth-order valence-electron chi connectivity index (χ4n) is 4.71. The third-order valence-electron chi connectivity index (χ3n) is 6.45. The summed E-state index contributed by atoms with van der Waals surface area (Å²) in [6.45, 7) is 7.06. The van der Waals surface area contributed by atoms with Crippen LogP contribution in [-0.4, -0.2) is 17.4 Å². The molecule has 0 radical (unpaired) electrons. The maximum atomic E-state index is 13.9. The highest BCUT2D eigenvalue weighted by molar-refractivity contribution is 6.05. The molecule has 0 spiro atoms. The number of carbonyl (C=O) groups is 1. The van der Waals surface area contributed by atoms with Gasteiger partial charge in [0.05, 0.1) is 0 Å². The number of H-pyrrole nitrogens is 1. The highest BCUT2D eigenvalue weighted by atomic mass is 19.2. The Morgan fingerprint density at radius 1 is 1.00 bits per heavy atom. The first kappa shape index (κ1) is 23.5. The van der Waals surface area contributed by atoms with Crippen molar-refractivity contribution in [1.29, 1.82) is 0 Å². The molecule has 1 aliphatic heterocycles. The molecule has 2 heterocycles. The second-order valence-electron chi connectivity index (χ2n) is 9.38. The lowest BCUT2D eigenvalue weighted by Gasteiger charge is -2.19. The second-order valence-corrected chi connectivity index (χ2v) is 9.38. The fraction of sp³-hybridized carbons (Fsp3) is 0.167. The zero-order valence-corrected chi connectivity index (χ0v) is 20.5. The number of nitrogens with zero attached hydrogens (tertiary/aromatic N) is 1. The Morgan fingerprint density at radius 2 is 1.83 bits per heavy atom. The standard InChI is InChI=1S/C30H27F2N3O/c1-18-5-4-6-22(11-18)30(36)34-24-8-10-29-25(15-24)23(14-28-19(2)12-20(3)33-28)17-35(29)16-21-7-9-26(31)27(32)13-21/h4-15,33H,16-17H2,1-3H3,(H,34,36). The summed E-state index contributed by atoms with van der Waals surface area (Å²) in [6, 6.07) is 19.4. The lowest BCUT2D eigenvalue weighted by Crippen LogP contribution is -2.19. The van der Waals surface area contributed by atoms with Crippen molar-refractivity contribution in [2.45, 2.75) is 27.3 Å². The SMILES string of the molecule is Cc1cccc(C(=O)Nc2ccc3c(c2)C(=Cc2[nH]c(C)cc2C)CN3Cc2ccc(F)c(F)c2)c1. The molecule has 182 valence electrons. The number of halogens is 2. The molecule has 4 aromatic rings. The summed E-state index contributed by atoms with van der Waals surface area (Å²) in [6.07, 6.45) is 2.12. The summed E-state index contributed by atoms with van der Waals surface area (Å²) in [7, 11) is 0. The lowest BCUT2D eigenvalue weighted by molar-refractivity contribution is 0.102. The van der Waals surface area contributed by atoms with E-state index in [1.54, 1.807) is 12.1 Å². The lowest BCUT2D eigenvalue weighted by atomic mass is 10.0. The molecule has 0 aliphatic carbocycles. The molecule has 2 N–H and O–H groups in total. The number of amides is 1. The van der Waals surface area contributed by atoms with Crippen LogP contribution < -0.4 is 10.2 Å². The molecule has 0 fully saturated rings. The largest absolute Gasteiger partial charge is 0.362 e. The van der Waals surface area contributed by atoms with E-state index >= 15 is 0 Å². The molecular weight excluding hydrogens is 456 g/mol. The average molecular weight is 484 g/mol. The molecule has 0 saturated carbocycles. The molecule has 6 heteroatoms. The molecule has 1 amide bonds. The molecule has 1 aliphatic rings. The number of aryl methyl sites for hydroxylation is 3. The number of anilines is 2. The van der Waals surface area contributed by atoms with Gasteiger partial charge in [-0.15, -0.1) is 0 Å². The van der Waals surface area contributed by atoms with E-state index in [9.17, 15) is 13.6 Å². The molecule has 36 heavy (non-hydrogen) atoms. The molecule has 0 atom stereocenters. The Morgan fingerprint density at radius 3 is 2.56 bits per heavy atom. The van der Waals surface area contributed by atoms with Gasteiger partial charge in [-0.1, -0.05) is 23.8 Å². The van der Waals surface area contributed by atoms with Crippen LogP contribution in [0.5, 0.6) is 0 Å². The van der Waals surface area contributed by atoms with Crippen LogP contribution in [0.15, 0.2) is 66.7 Å². The van der Waals surface area contributed by atoms with Gasteiger partial charge in [-0.2, -0.15) is 0 Å². The molecule has 3 aromatic carbocycles. The Bertz CT molecular complexity index is 1500. The summed E-state index contributed by atoms with van der Waals surface area (Å²) in [5, 5.41) is 3.01. The van der Waals surface area contributed by atoms with Crippen LogP contribution in [0.1, 0.15) is 44.0 Å². The van der Waals surface area contributed by atoms with E-state index in [0.29, 0.717) is 29.9 Å². The first-order valence-corrected chi connectivity index (χ1v) is 11.8. The van der Waals surface area contributed by atoms with Gasteiger partial charge in [0.1, 0.15) is 0 Å². The summed E-state index contributed by atoms with van der Waals surface area (Å²) < 4.78 is 27.3. The van der Waals surface area contributed by atoms with Gasteiger partial charge in [-0.05, 0) is 92.1 Å². The molecule has 0 bridgehead atoms. The van der Waals surface area contributed by atoms with E-state index in [1.165, 1.54) is 6.07 Å². The van der Waals surface area contributed by atoms with E-state index in [0.717, 1.165) is 45.4 Å². The number of rotatable bonds is 5. The van der Waals surface area contributed by atoms with Crippen molar-refractivity contribution < 1.29 is 13.6 Å². The Labute approximate surface area is 209 Å². The van der Waals surface area contributed by atoms with Crippen molar-refractivity contribution in [3.63, 3.8) is 0 Å². The van der Waals surface area contributed by atoms with E-state index < -0.39 is 11.6 Å². The summed E-state index contributed by atoms with van der Waals surface area (Å²) in [4.78, 5) is 18.4. The van der Waals surface area contributed by atoms with Gasteiger partial charge in [-0.3, -0.25) is 4.79 Å². The van der Waals surface area contributed by atoms with Crippen LogP contribution in [0.2, 0.25) is 0 Å². The summed E-state index contributed by atoms with van der Waals surface area (Å²) >= 11 is 0. The average Bonchev–Trinajstić information content (AvgIpc) is 3.34. The number of aromatic amines is 1. The van der Waals surface area contributed by atoms with Crippen molar-refractivity contribution in [3.8, 4) is 0 Å². The molecule has 4 nitrogen and oxygen atoms in total. The third kappa shape index (κ3) is 4.80. The van der Waals surface area contributed by atoms with Crippen molar-refractivity contribution >= 4 is 28.9 Å². The first-order chi connectivity index (χ1) is 17.3. The van der Waals surface area contributed by atoms with Gasteiger partial charge in [0, 0.05) is 47.0 Å². The van der Waals surface area contributed by atoms with Crippen LogP contribution in [0.3, 0.4) is 0 Å². The number of carbonyl (C=O) groups excluding carboxylic acids is 1. The number of nitrogens with one attached hydrogen (secondary N) is 2. The highest BCUT2D eigenvalue weighted by Gasteiger charge is 2.25. The van der Waals surface area contributed by atoms with Crippen LogP contribution in [-0.2, 0) is 6.54 Å². The number of hydrogen-bond donors (Lipinski definition) is 2. The van der Waals surface area contributed by atoms with Crippen LogP contribution in [0, 0.1) is 32.4 Å². The van der Waals surface area contributed by atoms with Gasteiger partial charge in [0.25, 0.3) is 5.91 Å². The van der Waals surface area contributed by atoms with Crippen molar-refractivity contribution in [3.05, 3.63) is 118 Å². The fourth-order valence-corrected chi connectivity index (χ4v) is 4.71. The zero-order valence-electron chi connectivity index (χ0n) is 20.5. The number of benzene rings is 3. The highest BCUT2D eigenvalue weighted by Crippen LogP contribution is 2.39. The Balaban J connectivity index is 1.49. The third-order valence-corrected chi connectivity index (χ3v) is 6.45. The maximum Gasteiger partial charge on any atom is 0.255 e. The van der Waals surface area contributed by atoms with Crippen molar-refractivity contribution in [1.82, 2.24) is 4.98 Å². The monoisotopic (exact) mass is 483 g/mol. The van der Waals surface area contributed by atoms with Gasteiger partial charge < -0.3 is 15.2 Å². The zero-order chi connectivity index (χ0) is 25.4. The number of aromatic nitrogens is 1. The predicted octanol–water partition coefficient (Wildman–Crippen LogP) is 7.03.